The molecule has 5 heteroatoms. The van der Waals surface area contributed by atoms with Crippen molar-refractivity contribution in [3.05, 3.63) is 22.4 Å². The topological polar surface area (TPSA) is 86.2 Å². The van der Waals surface area contributed by atoms with Crippen molar-refractivity contribution < 1.29 is 9.59 Å². The van der Waals surface area contributed by atoms with Gasteiger partial charge in [0.05, 0.1) is 11.3 Å². The molecule has 1 fully saturated rings. The molecule has 15 heavy (non-hydrogen) atoms. The van der Waals surface area contributed by atoms with Gasteiger partial charge >= 0.3 is 0 Å². The Morgan fingerprint density at radius 3 is 2.40 bits per heavy atom. The zero-order valence-electron chi connectivity index (χ0n) is 8.10. The molecular formula is C10H12N2O2S. The molecule has 1 aromatic rings. The third-order valence-corrected chi connectivity index (χ3v) is 3.88. The van der Waals surface area contributed by atoms with Crippen LogP contribution in [0.4, 0.5) is 0 Å². The molecule has 4 N–H and O–H groups in total. The normalized spacial score (nSPS) is 19.5. The average molecular weight is 224 g/mol. The third kappa shape index (κ3) is 1.52. The molecule has 1 saturated carbocycles. The molecule has 1 heterocycles. The van der Waals surface area contributed by atoms with Crippen LogP contribution in [-0.4, -0.2) is 11.8 Å². The Morgan fingerprint density at radius 2 is 2.07 bits per heavy atom. The summed E-state index contributed by atoms with van der Waals surface area (Å²) in [6, 6.07) is 3.66. The van der Waals surface area contributed by atoms with Crippen molar-refractivity contribution in [1.82, 2.24) is 0 Å². The van der Waals surface area contributed by atoms with Gasteiger partial charge in [0.15, 0.2) is 0 Å². The highest BCUT2D eigenvalue weighted by Gasteiger charge is 2.57. The minimum Gasteiger partial charge on any atom is -0.369 e. The Balaban J connectivity index is 2.37. The Kier molecular flexibility index (Phi) is 2.26. The van der Waals surface area contributed by atoms with Gasteiger partial charge in [-0.3, -0.25) is 9.59 Å². The van der Waals surface area contributed by atoms with E-state index in [9.17, 15) is 9.59 Å². The smallest absolute Gasteiger partial charge is 0.226 e. The lowest BCUT2D eigenvalue weighted by Crippen LogP contribution is -2.37. The molecule has 0 saturated heterocycles. The van der Waals surface area contributed by atoms with Gasteiger partial charge in [0.2, 0.25) is 11.8 Å². The second-order valence-corrected chi connectivity index (χ2v) is 4.85. The van der Waals surface area contributed by atoms with E-state index < -0.39 is 23.1 Å². The van der Waals surface area contributed by atoms with Gasteiger partial charge in [0, 0.05) is 4.88 Å². The van der Waals surface area contributed by atoms with E-state index in [0.29, 0.717) is 12.8 Å². The molecule has 0 spiro atoms. The highest BCUT2D eigenvalue weighted by Crippen LogP contribution is 2.56. The zero-order chi connectivity index (χ0) is 11.1. The Morgan fingerprint density at radius 1 is 1.40 bits per heavy atom. The van der Waals surface area contributed by atoms with E-state index in [-0.39, 0.29) is 0 Å². The number of nitrogens with two attached hydrogens (primary N) is 2. The van der Waals surface area contributed by atoms with Crippen molar-refractivity contribution in [3.8, 4) is 0 Å². The predicted octanol–water partition coefficient (Wildman–Crippen LogP) is 0.582. The first-order valence-electron chi connectivity index (χ1n) is 4.70. The highest BCUT2D eigenvalue weighted by molar-refractivity contribution is 7.10. The van der Waals surface area contributed by atoms with E-state index in [2.05, 4.69) is 0 Å². The Hall–Kier alpha value is -1.36. The molecule has 0 bridgehead atoms. The van der Waals surface area contributed by atoms with Gasteiger partial charge in [-0.2, -0.15) is 0 Å². The van der Waals surface area contributed by atoms with Crippen LogP contribution in [0.15, 0.2) is 17.5 Å². The number of carbonyl (C=O) groups is 2. The van der Waals surface area contributed by atoms with Gasteiger partial charge in [0.25, 0.3) is 0 Å². The fourth-order valence-corrected chi connectivity index (χ4v) is 2.90. The summed E-state index contributed by atoms with van der Waals surface area (Å²) in [5.74, 6) is -1.43. The fourth-order valence-electron chi connectivity index (χ4n) is 1.95. The van der Waals surface area contributed by atoms with Crippen LogP contribution in [0.2, 0.25) is 0 Å². The van der Waals surface area contributed by atoms with Crippen molar-refractivity contribution in [2.24, 2.45) is 16.9 Å². The van der Waals surface area contributed by atoms with Gasteiger partial charge in [-0.15, -0.1) is 11.3 Å². The first-order valence-corrected chi connectivity index (χ1v) is 5.58. The molecular weight excluding hydrogens is 212 g/mol. The number of carbonyl (C=O) groups excluding carboxylic acids is 2. The van der Waals surface area contributed by atoms with E-state index in [0.717, 1.165) is 4.88 Å². The first kappa shape index (κ1) is 10.2. The molecule has 1 aromatic heterocycles. The number of hydrogen-bond donors (Lipinski definition) is 2. The van der Waals surface area contributed by atoms with Crippen LogP contribution in [0, 0.1) is 5.41 Å². The van der Waals surface area contributed by atoms with Crippen LogP contribution in [-0.2, 0) is 9.59 Å². The van der Waals surface area contributed by atoms with Crippen LogP contribution in [0.3, 0.4) is 0 Å². The SMILES string of the molecule is NC(=O)C(c1cccs1)C1(C(N)=O)CC1. The maximum absolute atomic E-state index is 11.4. The third-order valence-electron chi connectivity index (χ3n) is 2.94. The summed E-state index contributed by atoms with van der Waals surface area (Å²) < 4.78 is 0. The van der Waals surface area contributed by atoms with E-state index in [1.54, 1.807) is 0 Å². The molecule has 1 aliphatic rings. The van der Waals surface area contributed by atoms with Crippen molar-refractivity contribution in [1.29, 1.82) is 0 Å². The second-order valence-electron chi connectivity index (χ2n) is 3.87. The monoisotopic (exact) mass is 224 g/mol. The lowest BCUT2D eigenvalue weighted by molar-refractivity contribution is -0.129. The predicted molar refractivity (Wildman–Crippen MR) is 57.1 cm³/mol. The maximum atomic E-state index is 11.4. The zero-order valence-corrected chi connectivity index (χ0v) is 8.92. The molecule has 1 unspecified atom stereocenters. The molecule has 1 aliphatic carbocycles. The van der Waals surface area contributed by atoms with E-state index in [1.165, 1.54) is 11.3 Å². The first-order chi connectivity index (χ1) is 7.08. The molecule has 0 aromatic carbocycles. The van der Waals surface area contributed by atoms with Gasteiger partial charge < -0.3 is 11.5 Å². The standard InChI is InChI=1S/C10H12N2O2S/c11-8(13)7(6-2-1-5-15-6)10(3-4-10)9(12)14/h1-2,5,7H,3-4H2,(H2,11,13)(H2,12,14). The Labute approximate surface area is 91.3 Å². The molecule has 0 radical (unpaired) electrons. The summed E-state index contributed by atoms with van der Waals surface area (Å²) in [6.45, 7) is 0. The lowest BCUT2D eigenvalue weighted by atomic mass is 9.86. The van der Waals surface area contributed by atoms with Gasteiger partial charge in [0.1, 0.15) is 0 Å². The van der Waals surface area contributed by atoms with Gasteiger partial charge in [-0.25, -0.2) is 0 Å². The number of thiophene rings is 1. The van der Waals surface area contributed by atoms with Crippen molar-refractivity contribution in [2.45, 2.75) is 18.8 Å². The summed E-state index contributed by atoms with van der Waals surface area (Å²) in [5.41, 5.74) is 9.98. The number of rotatable bonds is 4. The number of primary amides is 2. The summed E-state index contributed by atoms with van der Waals surface area (Å²) in [6.07, 6.45) is 1.32. The summed E-state index contributed by atoms with van der Waals surface area (Å²) in [5, 5.41) is 1.86. The lowest BCUT2D eigenvalue weighted by Gasteiger charge is -2.19. The van der Waals surface area contributed by atoms with E-state index in [4.69, 9.17) is 11.5 Å². The van der Waals surface area contributed by atoms with E-state index in [1.807, 2.05) is 17.5 Å². The largest absolute Gasteiger partial charge is 0.369 e. The molecule has 80 valence electrons. The van der Waals surface area contributed by atoms with Crippen LogP contribution in [0.1, 0.15) is 23.6 Å². The minimum atomic E-state index is -0.712. The Bertz CT molecular complexity index is 396. The number of amides is 2. The quantitative estimate of drug-likeness (QED) is 0.783. The van der Waals surface area contributed by atoms with Crippen molar-refractivity contribution in [3.63, 3.8) is 0 Å². The van der Waals surface area contributed by atoms with Gasteiger partial charge in [-0.1, -0.05) is 6.07 Å². The molecule has 1 atom stereocenters. The van der Waals surface area contributed by atoms with Crippen molar-refractivity contribution >= 4 is 23.2 Å². The van der Waals surface area contributed by atoms with Crippen LogP contribution >= 0.6 is 11.3 Å². The highest BCUT2D eigenvalue weighted by atomic mass is 32.1. The maximum Gasteiger partial charge on any atom is 0.226 e. The summed E-state index contributed by atoms with van der Waals surface area (Å²) >= 11 is 1.44. The molecule has 2 amide bonds. The fraction of sp³-hybridized carbons (Fsp3) is 0.400. The summed E-state index contributed by atoms with van der Waals surface area (Å²) in [7, 11) is 0. The van der Waals surface area contributed by atoms with E-state index >= 15 is 0 Å². The van der Waals surface area contributed by atoms with Crippen LogP contribution in [0.5, 0.6) is 0 Å². The average Bonchev–Trinajstić information content (AvgIpc) is 2.75. The summed E-state index contributed by atoms with van der Waals surface area (Å²) in [4.78, 5) is 23.6. The van der Waals surface area contributed by atoms with Crippen molar-refractivity contribution in [2.75, 3.05) is 0 Å². The minimum absolute atomic E-state index is 0.417. The van der Waals surface area contributed by atoms with Crippen LogP contribution < -0.4 is 11.5 Å². The van der Waals surface area contributed by atoms with Crippen LogP contribution in [0.25, 0.3) is 0 Å². The number of hydrogen-bond acceptors (Lipinski definition) is 3. The molecule has 4 nitrogen and oxygen atoms in total. The second kappa shape index (κ2) is 3.34. The molecule has 2 rings (SSSR count). The molecule has 0 aliphatic heterocycles. The van der Waals surface area contributed by atoms with Gasteiger partial charge in [-0.05, 0) is 24.3 Å².